The van der Waals surface area contributed by atoms with Crippen molar-refractivity contribution < 1.29 is 27.8 Å². The molecule has 34 heavy (non-hydrogen) atoms. The van der Waals surface area contributed by atoms with Crippen LogP contribution < -0.4 is 4.74 Å². The van der Waals surface area contributed by atoms with Crippen molar-refractivity contribution in [2.45, 2.75) is 19.3 Å². The Kier molecular flexibility index (Phi) is 7.68. The van der Waals surface area contributed by atoms with Crippen LogP contribution in [0.2, 0.25) is 5.02 Å². The van der Waals surface area contributed by atoms with Crippen molar-refractivity contribution in [3.63, 3.8) is 0 Å². The van der Waals surface area contributed by atoms with Crippen molar-refractivity contribution in [1.29, 1.82) is 0 Å². The fourth-order valence-corrected chi connectivity index (χ4v) is 4.61. The number of hydrogen-bond donors (Lipinski definition) is 0. The van der Waals surface area contributed by atoms with Gasteiger partial charge in [0.15, 0.2) is 0 Å². The highest BCUT2D eigenvalue weighted by atomic mass is 35.5. The largest absolute Gasteiger partial charge is 0.493 e. The summed E-state index contributed by atoms with van der Waals surface area (Å²) >= 11 is 6.07. The summed E-state index contributed by atoms with van der Waals surface area (Å²) in [5, 5.41) is 0.553. The van der Waals surface area contributed by atoms with E-state index in [0.717, 1.165) is 6.07 Å². The molecule has 2 saturated heterocycles. The predicted octanol–water partition coefficient (Wildman–Crippen LogP) is 4.17. The molecular weight excluding hydrogens is 466 g/mol. The fraction of sp³-hybridized carbons (Fsp3) is 0.440. The van der Waals surface area contributed by atoms with Crippen molar-refractivity contribution >= 4 is 23.4 Å². The fourth-order valence-electron chi connectivity index (χ4n) is 4.43. The van der Waals surface area contributed by atoms with Crippen LogP contribution in [0.4, 0.5) is 8.78 Å². The molecule has 182 valence electrons. The molecule has 2 aliphatic rings. The number of nitrogens with zero attached hydrogens (tertiary/aromatic N) is 2. The summed E-state index contributed by atoms with van der Waals surface area (Å²) in [7, 11) is 0. The van der Waals surface area contributed by atoms with E-state index in [2.05, 4.69) is 0 Å². The third kappa shape index (κ3) is 5.85. The molecule has 9 heteroatoms. The van der Waals surface area contributed by atoms with Gasteiger partial charge in [-0.2, -0.15) is 0 Å². The van der Waals surface area contributed by atoms with Gasteiger partial charge in [-0.1, -0.05) is 17.7 Å². The van der Waals surface area contributed by atoms with E-state index in [1.807, 2.05) is 0 Å². The first-order chi connectivity index (χ1) is 16.3. The van der Waals surface area contributed by atoms with E-state index in [9.17, 15) is 18.4 Å². The van der Waals surface area contributed by atoms with Gasteiger partial charge in [-0.15, -0.1) is 0 Å². The third-order valence-corrected chi connectivity index (χ3v) is 6.74. The molecule has 0 spiro atoms. The minimum Gasteiger partial charge on any atom is -0.493 e. The molecule has 2 aromatic rings. The Hall–Kier alpha value is -2.71. The van der Waals surface area contributed by atoms with Crippen LogP contribution in [-0.4, -0.2) is 67.6 Å². The SMILES string of the molecule is O=C(CC1(COc2cccc(Cl)c2)CCN(C(=O)c2ccc(F)cc2F)CC1)N1CCOCC1. The lowest BCUT2D eigenvalue weighted by Crippen LogP contribution is -2.49. The van der Waals surface area contributed by atoms with Crippen LogP contribution in [0.25, 0.3) is 0 Å². The number of rotatable bonds is 6. The molecule has 2 aliphatic heterocycles. The van der Waals surface area contributed by atoms with Crippen LogP contribution in [0.15, 0.2) is 42.5 Å². The van der Waals surface area contributed by atoms with Crippen LogP contribution in [0, 0.1) is 17.0 Å². The molecule has 0 unspecified atom stereocenters. The van der Waals surface area contributed by atoms with Gasteiger partial charge in [0.1, 0.15) is 17.4 Å². The number of hydrogen-bond acceptors (Lipinski definition) is 4. The van der Waals surface area contributed by atoms with Gasteiger partial charge in [0.2, 0.25) is 5.91 Å². The van der Waals surface area contributed by atoms with Crippen molar-refractivity contribution in [3.05, 3.63) is 64.7 Å². The smallest absolute Gasteiger partial charge is 0.256 e. The van der Waals surface area contributed by atoms with Crippen molar-refractivity contribution in [1.82, 2.24) is 9.80 Å². The number of halogens is 3. The molecule has 0 N–H and O–H groups in total. The van der Waals surface area contributed by atoms with E-state index in [1.165, 1.54) is 6.07 Å². The Balaban J connectivity index is 1.46. The Morgan fingerprint density at radius 1 is 1.00 bits per heavy atom. The van der Waals surface area contributed by atoms with E-state index < -0.39 is 23.0 Å². The first-order valence-corrected chi connectivity index (χ1v) is 11.7. The van der Waals surface area contributed by atoms with E-state index in [0.29, 0.717) is 69.1 Å². The highest BCUT2D eigenvalue weighted by Crippen LogP contribution is 2.37. The molecule has 4 rings (SSSR count). The number of carbonyl (C=O) groups is 2. The number of piperidine rings is 1. The summed E-state index contributed by atoms with van der Waals surface area (Å²) in [5.74, 6) is -1.46. The maximum atomic E-state index is 14.1. The monoisotopic (exact) mass is 492 g/mol. The van der Waals surface area contributed by atoms with Gasteiger partial charge in [0.05, 0.1) is 25.4 Å². The molecule has 2 aromatic carbocycles. The van der Waals surface area contributed by atoms with Gasteiger partial charge < -0.3 is 19.3 Å². The van der Waals surface area contributed by atoms with Crippen LogP contribution in [0.1, 0.15) is 29.6 Å². The van der Waals surface area contributed by atoms with Gasteiger partial charge in [-0.25, -0.2) is 8.78 Å². The van der Waals surface area contributed by atoms with Gasteiger partial charge in [-0.05, 0) is 43.2 Å². The summed E-state index contributed by atoms with van der Waals surface area (Å²) in [4.78, 5) is 29.3. The normalized spacial score (nSPS) is 18.0. The minimum atomic E-state index is -0.881. The lowest BCUT2D eigenvalue weighted by Gasteiger charge is -2.42. The quantitative estimate of drug-likeness (QED) is 0.607. The predicted molar refractivity (Wildman–Crippen MR) is 123 cm³/mol. The lowest BCUT2D eigenvalue weighted by molar-refractivity contribution is -0.139. The molecule has 2 fully saturated rings. The highest BCUT2D eigenvalue weighted by Gasteiger charge is 2.40. The summed E-state index contributed by atoms with van der Waals surface area (Å²) in [6, 6.07) is 10.0. The van der Waals surface area contributed by atoms with E-state index >= 15 is 0 Å². The molecule has 0 saturated carbocycles. The maximum Gasteiger partial charge on any atom is 0.256 e. The second-order valence-electron chi connectivity index (χ2n) is 8.83. The molecule has 2 amide bonds. The minimum absolute atomic E-state index is 0.0300. The van der Waals surface area contributed by atoms with E-state index in [-0.39, 0.29) is 24.5 Å². The third-order valence-electron chi connectivity index (χ3n) is 6.50. The van der Waals surface area contributed by atoms with Gasteiger partial charge >= 0.3 is 0 Å². The number of likely N-dealkylation sites (tertiary alicyclic amines) is 1. The molecule has 6 nitrogen and oxygen atoms in total. The van der Waals surface area contributed by atoms with Crippen LogP contribution in [0.3, 0.4) is 0 Å². The number of amides is 2. The molecule has 0 aromatic heterocycles. The van der Waals surface area contributed by atoms with Crippen LogP contribution in [-0.2, 0) is 9.53 Å². The van der Waals surface area contributed by atoms with Gasteiger partial charge in [0, 0.05) is 49.1 Å². The lowest BCUT2D eigenvalue weighted by atomic mass is 9.75. The number of morpholine rings is 1. The second kappa shape index (κ2) is 10.7. The number of ether oxygens (including phenoxy) is 2. The average Bonchev–Trinajstić information content (AvgIpc) is 2.84. The van der Waals surface area contributed by atoms with Crippen molar-refractivity contribution in [2.24, 2.45) is 5.41 Å². The maximum absolute atomic E-state index is 14.1. The summed E-state index contributed by atoms with van der Waals surface area (Å²) in [6.07, 6.45) is 1.30. The van der Waals surface area contributed by atoms with E-state index in [4.69, 9.17) is 21.1 Å². The Bertz CT molecular complexity index is 1040. The Morgan fingerprint density at radius 2 is 1.74 bits per heavy atom. The summed E-state index contributed by atoms with van der Waals surface area (Å²) < 4.78 is 38.8. The van der Waals surface area contributed by atoms with Crippen molar-refractivity contribution in [2.75, 3.05) is 46.0 Å². The van der Waals surface area contributed by atoms with Gasteiger partial charge in [0.25, 0.3) is 5.91 Å². The standard InChI is InChI=1S/C25H27ClF2N2O4/c26-18-2-1-3-20(14-18)34-17-25(16-23(31)29-10-12-33-13-11-29)6-8-30(9-7-25)24(32)21-5-4-19(27)15-22(21)28/h1-5,14-15H,6-13,16-17H2. The van der Waals surface area contributed by atoms with E-state index in [1.54, 1.807) is 34.1 Å². The first-order valence-electron chi connectivity index (χ1n) is 11.3. The Morgan fingerprint density at radius 3 is 2.41 bits per heavy atom. The Labute approximate surface area is 202 Å². The second-order valence-corrected chi connectivity index (χ2v) is 9.27. The topological polar surface area (TPSA) is 59.1 Å². The first kappa shape index (κ1) is 24.4. The zero-order chi connectivity index (χ0) is 24.1. The zero-order valence-corrected chi connectivity index (χ0v) is 19.5. The molecule has 0 aliphatic carbocycles. The van der Waals surface area contributed by atoms with Gasteiger partial charge in [-0.3, -0.25) is 9.59 Å². The molecule has 2 heterocycles. The number of carbonyl (C=O) groups excluding carboxylic acids is 2. The summed E-state index contributed by atoms with van der Waals surface area (Å²) in [5.41, 5.74) is -0.649. The highest BCUT2D eigenvalue weighted by molar-refractivity contribution is 6.30. The van der Waals surface area contributed by atoms with Crippen molar-refractivity contribution in [3.8, 4) is 5.75 Å². The zero-order valence-electron chi connectivity index (χ0n) is 18.8. The number of benzene rings is 2. The molecule has 0 bridgehead atoms. The molecule has 0 radical (unpaired) electrons. The van der Waals surface area contributed by atoms with Crippen LogP contribution >= 0.6 is 11.6 Å². The van der Waals surface area contributed by atoms with Crippen LogP contribution in [0.5, 0.6) is 5.75 Å². The average molecular weight is 493 g/mol. The molecular formula is C25H27ClF2N2O4. The summed E-state index contributed by atoms with van der Waals surface area (Å²) in [6.45, 7) is 3.11. The molecule has 0 atom stereocenters.